The average Bonchev–Trinajstić information content (AvgIpc) is 1.88. The van der Waals surface area contributed by atoms with Gasteiger partial charge >= 0.3 is 0 Å². The molecule has 1 aliphatic carbocycles. The van der Waals surface area contributed by atoms with Crippen LogP contribution in [-0.2, 0) is 11.8 Å². The van der Waals surface area contributed by atoms with E-state index in [9.17, 15) is 0 Å². The zero-order valence-corrected chi connectivity index (χ0v) is 7.91. The van der Waals surface area contributed by atoms with Crippen molar-refractivity contribution in [3.63, 3.8) is 0 Å². The van der Waals surface area contributed by atoms with E-state index in [1.807, 2.05) is 0 Å². The zero-order chi connectivity index (χ0) is 7.40. The predicted molar refractivity (Wildman–Crippen MR) is 49.9 cm³/mol. The van der Waals surface area contributed by atoms with Gasteiger partial charge in [-0.1, -0.05) is 31.1 Å². The van der Waals surface area contributed by atoms with Crippen molar-refractivity contribution in [2.45, 2.75) is 38.1 Å². The molecule has 1 saturated carbocycles. The van der Waals surface area contributed by atoms with Gasteiger partial charge in [-0.05, 0) is 12.8 Å². The molecule has 1 fully saturated rings. The van der Waals surface area contributed by atoms with Crippen LogP contribution in [0.15, 0.2) is 0 Å². The van der Waals surface area contributed by atoms with Crippen LogP contribution in [-0.4, -0.2) is 6.04 Å². The second-order valence-corrected chi connectivity index (χ2v) is 5.18. The highest BCUT2D eigenvalue weighted by molar-refractivity contribution is 8.03. The molecule has 60 valence electrons. The van der Waals surface area contributed by atoms with Crippen molar-refractivity contribution in [3.8, 4) is 0 Å². The number of hydrogen-bond acceptors (Lipinski definition) is 1. The molecule has 0 spiro atoms. The minimum atomic E-state index is -1.10. The molecule has 10 heavy (non-hydrogen) atoms. The summed E-state index contributed by atoms with van der Waals surface area (Å²) in [4.78, 5) is 0. The van der Waals surface area contributed by atoms with E-state index in [0.717, 1.165) is 0 Å². The van der Waals surface area contributed by atoms with E-state index in [1.165, 1.54) is 32.1 Å². The number of rotatable bonds is 2. The van der Waals surface area contributed by atoms with Gasteiger partial charge in [0.25, 0.3) is 0 Å². The summed E-state index contributed by atoms with van der Waals surface area (Å²) in [5.74, 6) is 0. The van der Waals surface area contributed by atoms with Gasteiger partial charge in [0, 0.05) is 6.04 Å². The van der Waals surface area contributed by atoms with Gasteiger partial charge in [-0.15, -0.1) is 0 Å². The fourth-order valence-electron chi connectivity index (χ4n) is 1.45. The molecule has 0 radical (unpaired) electrons. The molecule has 0 aromatic rings. The van der Waals surface area contributed by atoms with Crippen LogP contribution in [0.2, 0.25) is 0 Å². The number of nitrogens with one attached hydrogen (secondary N) is 1. The maximum atomic E-state index is 5.53. The smallest absolute Gasteiger partial charge is 0.0576 e. The van der Waals surface area contributed by atoms with Crippen molar-refractivity contribution >= 4 is 18.8 Å². The lowest BCUT2D eigenvalue weighted by molar-refractivity contribution is 0.422. The van der Waals surface area contributed by atoms with Gasteiger partial charge in [0.15, 0.2) is 0 Å². The molecular formula is C6H15N2PS. The van der Waals surface area contributed by atoms with Crippen molar-refractivity contribution in [1.29, 1.82) is 0 Å². The van der Waals surface area contributed by atoms with Crippen LogP contribution in [0.3, 0.4) is 0 Å². The molecule has 0 bridgehead atoms. The van der Waals surface area contributed by atoms with Gasteiger partial charge in [0.1, 0.15) is 0 Å². The second kappa shape index (κ2) is 4.45. The maximum absolute atomic E-state index is 5.53. The van der Waals surface area contributed by atoms with Gasteiger partial charge in [-0.3, -0.25) is 10.6 Å². The van der Waals surface area contributed by atoms with Gasteiger partial charge in [0.2, 0.25) is 0 Å². The largest absolute Gasteiger partial charge is 0.294 e. The highest BCUT2D eigenvalue weighted by atomic mass is 32.4. The minimum Gasteiger partial charge on any atom is -0.294 e. The van der Waals surface area contributed by atoms with E-state index in [2.05, 4.69) is 5.09 Å². The minimum absolute atomic E-state index is 0.644. The molecular weight excluding hydrogens is 163 g/mol. The molecule has 1 aliphatic rings. The Kier molecular flexibility index (Phi) is 3.85. The van der Waals surface area contributed by atoms with Crippen LogP contribution in [0.25, 0.3) is 0 Å². The Labute approximate surface area is 68.1 Å². The van der Waals surface area contributed by atoms with Gasteiger partial charge < -0.3 is 0 Å². The molecule has 0 heterocycles. The molecule has 4 heteroatoms. The monoisotopic (exact) mass is 178 g/mol. The highest BCUT2D eigenvalue weighted by Crippen LogP contribution is 2.20. The molecule has 3 N–H and O–H groups in total. The Hall–Kier alpha value is 0.570. The van der Waals surface area contributed by atoms with Crippen molar-refractivity contribution in [3.05, 3.63) is 0 Å². The molecule has 2 nitrogen and oxygen atoms in total. The van der Waals surface area contributed by atoms with E-state index in [1.54, 1.807) is 0 Å². The van der Waals surface area contributed by atoms with E-state index in [0.29, 0.717) is 6.04 Å². The first kappa shape index (κ1) is 8.66. The van der Waals surface area contributed by atoms with Gasteiger partial charge in [-0.2, -0.15) is 0 Å². The van der Waals surface area contributed by atoms with Crippen molar-refractivity contribution in [1.82, 2.24) is 5.09 Å². The van der Waals surface area contributed by atoms with Crippen molar-refractivity contribution in [2.75, 3.05) is 0 Å². The summed E-state index contributed by atoms with van der Waals surface area (Å²) >= 11 is 4.93. The van der Waals surface area contributed by atoms with Crippen LogP contribution >= 0.6 is 7.00 Å². The third kappa shape index (κ3) is 3.11. The summed E-state index contributed by atoms with van der Waals surface area (Å²) in [7, 11) is 0. The van der Waals surface area contributed by atoms with E-state index < -0.39 is 7.00 Å². The van der Waals surface area contributed by atoms with E-state index in [4.69, 9.17) is 17.3 Å². The predicted octanol–water partition coefficient (Wildman–Crippen LogP) is 1.37. The first-order chi connectivity index (χ1) is 4.79. The third-order valence-corrected chi connectivity index (χ3v) is 3.00. The van der Waals surface area contributed by atoms with E-state index >= 15 is 0 Å². The number of nitrogens with two attached hydrogens (primary N) is 1. The van der Waals surface area contributed by atoms with Gasteiger partial charge in [-0.25, -0.2) is 0 Å². The lowest BCUT2D eigenvalue weighted by atomic mass is 9.96. The van der Waals surface area contributed by atoms with Crippen LogP contribution < -0.4 is 10.6 Å². The fourth-order valence-corrected chi connectivity index (χ4v) is 2.64. The molecule has 0 saturated heterocycles. The molecule has 0 aromatic carbocycles. The third-order valence-electron chi connectivity index (χ3n) is 1.95. The summed E-state index contributed by atoms with van der Waals surface area (Å²) < 4.78 is 0. The Morgan fingerprint density at radius 1 is 1.30 bits per heavy atom. The first-order valence-corrected chi connectivity index (χ1v) is 6.56. The normalized spacial score (nSPS) is 24.5. The van der Waals surface area contributed by atoms with Gasteiger partial charge in [0.05, 0.1) is 7.00 Å². The lowest BCUT2D eigenvalue weighted by Gasteiger charge is -2.22. The highest BCUT2D eigenvalue weighted by Gasteiger charge is 2.11. The molecule has 1 rings (SSSR count). The Morgan fingerprint density at radius 2 is 1.90 bits per heavy atom. The topological polar surface area (TPSA) is 38.0 Å². The molecule has 0 amide bonds. The SMILES string of the molecule is N[PH](=S)NC1CCCCC1. The van der Waals surface area contributed by atoms with E-state index in [-0.39, 0.29) is 0 Å². The summed E-state index contributed by atoms with van der Waals surface area (Å²) in [6.45, 7) is -1.10. The van der Waals surface area contributed by atoms with Crippen LogP contribution in [0, 0.1) is 0 Å². The molecule has 1 unspecified atom stereocenters. The lowest BCUT2D eigenvalue weighted by Crippen LogP contribution is -2.26. The average molecular weight is 178 g/mol. The van der Waals surface area contributed by atoms with Crippen molar-refractivity contribution in [2.24, 2.45) is 5.50 Å². The number of hydrogen-bond donors (Lipinski definition) is 2. The van der Waals surface area contributed by atoms with Crippen LogP contribution in [0.4, 0.5) is 0 Å². The zero-order valence-electron chi connectivity index (χ0n) is 6.10. The Balaban J connectivity index is 2.19. The molecule has 1 atom stereocenters. The summed E-state index contributed by atoms with van der Waals surface area (Å²) in [5, 5.41) is 3.28. The quantitative estimate of drug-likeness (QED) is 0.627. The Bertz CT molecular complexity index is 123. The first-order valence-electron chi connectivity index (χ1n) is 3.85. The summed E-state index contributed by atoms with van der Waals surface area (Å²) in [6.07, 6.45) is 6.65. The molecule has 0 aromatic heterocycles. The molecule has 0 aliphatic heterocycles. The maximum Gasteiger partial charge on any atom is 0.0576 e. The Morgan fingerprint density at radius 3 is 2.40 bits per heavy atom. The summed E-state index contributed by atoms with van der Waals surface area (Å²) in [5.41, 5.74) is 5.53. The second-order valence-electron chi connectivity index (χ2n) is 2.84. The van der Waals surface area contributed by atoms with Crippen LogP contribution in [0.5, 0.6) is 0 Å². The summed E-state index contributed by atoms with van der Waals surface area (Å²) in [6, 6.07) is 0.644. The van der Waals surface area contributed by atoms with Crippen LogP contribution in [0.1, 0.15) is 32.1 Å². The standard InChI is InChI=1S/C6H15N2PS/c7-9(10)8-6-4-2-1-3-5-6/h6,9H,1-5H2,(H3,7,8,10). The fraction of sp³-hybridized carbons (Fsp3) is 1.00. The van der Waals surface area contributed by atoms with Crippen molar-refractivity contribution < 1.29 is 0 Å².